The van der Waals surface area contributed by atoms with E-state index in [1.807, 2.05) is 19.9 Å². The molecule has 1 atom stereocenters. The summed E-state index contributed by atoms with van der Waals surface area (Å²) >= 11 is 0. The van der Waals surface area contributed by atoms with Crippen molar-refractivity contribution in [3.8, 4) is 18.4 Å². The molecule has 0 saturated carbocycles. The second kappa shape index (κ2) is 6.38. The number of nitrogens with zero attached hydrogens (tertiary/aromatic N) is 1. The highest BCUT2D eigenvalue weighted by atomic mass is 32.2. The van der Waals surface area contributed by atoms with Gasteiger partial charge in [0.05, 0.1) is 23.4 Å². The van der Waals surface area contributed by atoms with Crippen LogP contribution in [0.15, 0.2) is 24.3 Å². The smallest absolute Gasteiger partial charge is 0.212 e. The maximum atomic E-state index is 12.0. The van der Waals surface area contributed by atoms with Crippen LogP contribution in [0.25, 0.3) is 0 Å². The lowest BCUT2D eigenvalue weighted by Crippen LogP contribution is -2.38. The Hall–Kier alpha value is -1.82. The Kier molecular flexibility index (Phi) is 5.11. The molecule has 0 bridgehead atoms. The molecule has 0 spiro atoms. The summed E-state index contributed by atoms with van der Waals surface area (Å²) in [5.74, 6) is 2.31. The number of hydrogen-bond acceptors (Lipinski definition) is 3. The predicted octanol–water partition coefficient (Wildman–Crippen LogP) is 1.64. The van der Waals surface area contributed by atoms with Gasteiger partial charge < -0.3 is 0 Å². The zero-order chi connectivity index (χ0) is 14.5. The Balaban J connectivity index is 2.80. The Morgan fingerprint density at radius 2 is 1.89 bits per heavy atom. The average Bonchev–Trinajstić information content (AvgIpc) is 2.36. The van der Waals surface area contributed by atoms with Crippen LogP contribution in [0, 0.1) is 29.6 Å². The maximum absolute atomic E-state index is 12.0. The summed E-state index contributed by atoms with van der Waals surface area (Å²) in [6, 6.07) is 7.90. The lowest BCUT2D eigenvalue weighted by molar-refractivity contribution is 0.518. The molecule has 0 aliphatic heterocycles. The molecule has 4 nitrogen and oxygen atoms in total. The first-order valence-corrected chi connectivity index (χ1v) is 7.48. The van der Waals surface area contributed by atoms with Gasteiger partial charge in [-0.3, -0.25) is 0 Å². The molecule has 0 radical (unpaired) electrons. The second-order valence-electron chi connectivity index (χ2n) is 4.57. The van der Waals surface area contributed by atoms with E-state index in [1.165, 1.54) is 0 Å². The van der Waals surface area contributed by atoms with Crippen molar-refractivity contribution in [2.45, 2.75) is 25.6 Å². The van der Waals surface area contributed by atoms with Gasteiger partial charge in [0.2, 0.25) is 10.0 Å². The molecule has 5 heteroatoms. The normalized spacial score (nSPS) is 12.7. The topological polar surface area (TPSA) is 70.0 Å². The maximum Gasteiger partial charge on any atom is 0.216 e. The van der Waals surface area contributed by atoms with Gasteiger partial charge in [0.1, 0.15) is 0 Å². The first-order chi connectivity index (χ1) is 8.88. The van der Waals surface area contributed by atoms with Gasteiger partial charge in [-0.15, -0.1) is 6.42 Å². The Morgan fingerprint density at radius 3 is 2.32 bits per heavy atom. The van der Waals surface area contributed by atoms with Crippen molar-refractivity contribution in [1.29, 1.82) is 5.26 Å². The van der Waals surface area contributed by atoms with Gasteiger partial charge in [0.25, 0.3) is 0 Å². The third kappa shape index (κ3) is 4.75. The van der Waals surface area contributed by atoms with E-state index in [2.05, 4.69) is 10.6 Å². The number of sulfonamides is 1. The van der Waals surface area contributed by atoms with Crippen molar-refractivity contribution in [1.82, 2.24) is 4.72 Å². The van der Waals surface area contributed by atoms with E-state index in [0.717, 1.165) is 0 Å². The number of benzene rings is 1. The summed E-state index contributed by atoms with van der Waals surface area (Å²) in [4.78, 5) is 0. The van der Waals surface area contributed by atoms with Crippen LogP contribution >= 0.6 is 0 Å². The number of nitrogens with one attached hydrogen (secondary N) is 1. The number of terminal acetylenes is 1. The molecule has 0 heterocycles. The molecular weight excluding hydrogens is 260 g/mol. The first-order valence-electron chi connectivity index (χ1n) is 5.83. The molecular formula is C14H16N2O2S. The van der Waals surface area contributed by atoms with Crippen LogP contribution in [-0.2, 0) is 15.8 Å². The van der Waals surface area contributed by atoms with Crippen molar-refractivity contribution in [2.75, 3.05) is 0 Å². The van der Waals surface area contributed by atoms with E-state index >= 15 is 0 Å². The molecule has 0 aromatic heterocycles. The minimum absolute atomic E-state index is 0.0285. The zero-order valence-corrected chi connectivity index (χ0v) is 11.7. The largest absolute Gasteiger partial charge is 0.216 e. The molecule has 1 aromatic rings. The Bertz CT molecular complexity index is 604. The highest BCUT2D eigenvalue weighted by molar-refractivity contribution is 7.88. The van der Waals surface area contributed by atoms with Gasteiger partial charge in [0.15, 0.2) is 0 Å². The third-order valence-corrected chi connectivity index (χ3v) is 3.92. The first kappa shape index (κ1) is 15.2. The molecule has 1 rings (SSSR count). The van der Waals surface area contributed by atoms with Crippen LogP contribution in [0.1, 0.15) is 25.0 Å². The van der Waals surface area contributed by atoms with E-state index in [1.54, 1.807) is 24.3 Å². The van der Waals surface area contributed by atoms with Gasteiger partial charge in [-0.2, -0.15) is 9.98 Å². The van der Waals surface area contributed by atoms with Crippen molar-refractivity contribution < 1.29 is 8.42 Å². The minimum atomic E-state index is -3.49. The van der Waals surface area contributed by atoms with Gasteiger partial charge in [0, 0.05) is 0 Å². The lowest BCUT2D eigenvalue weighted by Gasteiger charge is -2.16. The van der Waals surface area contributed by atoms with Gasteiger partial charge in [-0.1, -0.05) is 31.9 Å². The van der Waals surface area contributed by atoms with Crippen LogP contribution in [0.4, 0.5) is 0 Å². The molecule has 100 valence electrons. The SMILES string of the molecule is C#CC(NS(=O)(=O)Cc1ccc(C#N)cc1)C(C)C. The standard InChI is InChI=1S/C14H16N2O2S/c1-4-14(11(2)3)16-19(17,18)10-13-7-5-12(9-15)6-8-13/h1,5-8,11,14,16H,10H2,2-3H3. The van der Waals surface area contributed by atoms with E-state index < -0.39 is 16.1 Å². The Morgan fingerprint density at radius 1 is 1.32 bits per heavy atom. The summed E-state index contributed by atoms with van der Waals surface area (Å²) in [6.07, 6.45) is 5.30. The van der Waals surface area contributed by atoms with Crippen LogP contribution in [0.3, 0.4) is 0 Å². The zero-order valence-electron chi connectivity index (χ0n) is 10.9. The van der Waals surface area contributed by atoms with E-state index in [0.29, 0.717) is 11.1 Å². The van der Waals surface area contributed by atoms with E-state index in [4.69, 9.17) is 11.7 Å². The predicted molar refractivity (Wildman–Crippen MR) is 74.4 cm³/mol. The monoisotopic (exact) mass is 276 g/mol. The summed E-state index contributed by atoms with van der Waals surface area (Å²) in [6.45, 7) is 3.71. The second-order valence-corrected chi connectivity index (χ2v) is 6.33. The molecule has 0 aliphatic carbocycles. The molecule has 1 N–H and O–H groups in total. The number of hydrogen-bond donors (Lipinski definition) is 1. The summed E-state index contributed by atoms with van der Waals surface area (Å²) in [7, 11) is -3.49. The fraction of sp³-hybridized carbons (Fsp3) is 0.357. The van der Waals surface area contributed by atoms with Gasteiger partial charge in [-0.05, 0) is 23.6 Å². The van der Waals surface area contributed by atoms with Crippen LogP contribution in [-0.4, -0.2) is 14.5 Å². The lowest BCUT2D eigenvalue weighted by atomic mass is 10.1. The highest BCUT2D eigenvalue weighted by Gasteiger charge is 2.19. The van der Waals surface area contributed by atoms with Crippen LogP contribution in [0.5, 0.6) is 0 Å². The fourth-order valence-corrected chi connectivity index (χ4v) is 2.93. The average molecular weight is 276 g/mol. The van der Waals surface area contributed by atoms with E-state index in [-0.39, 0.29) is 11.7 Å². The summed E-state index contributed by atoms with van der Waals surface area (Å²) in [5.41, 5.74) is 1.11. The van der Waals surface area contributed by atoms with Gasteiger partial charge >= 0.3 is 0 Å². The molecule has 1 aromatic carbocycles. The molecule has 0 aliphatic rings. The molecule has 19 heavy (non-hydrogen) atoms. The summed E-state index contributed by atoms with van der Waals surface area (Å²) < 4.78 is 26.4. The fourth-order valence-electron chi connectivity index (χ4n) is 1.49. The minimum Gasteiger partial charge on any atom is -0.212 e. The molecule has 1 unspecified atom stereocenters. The van der Waals surface area contributed by atoms with Crippen molar-refractivity contribution in [3.63, 3.8) is 0 Å². The van der Waals surface area contributed by atoms with Crippen molar-refractivity contribution in [2.24, 2.45) is 5.92 Å². The van der Waals surface area contributed by atoms with Crippen molar-refractivity contribution in [3.05, 3.63) is 35.4 Å². The molecule has 0 fully saturated rings. The van der Waals surface area contributed by atoms with Crippen LogP contribution < -0.4 is 4.72 Å². The molecule has 0 saturated heterocycles. The van der Waals surface area contributed by atoms with Crippen LogP contribution in [0.2, 0.25) is 0 Å². The van der Waals surface area contributed by atoms with E-state index in [9.17, 15) is 8.42 Å². The number of nitriles is 1. The van der Waals surface area contributed by atoms with Gasteiger partial charge in [-0.25, -0.2) is 8.42 Å². The molecule has 0 amide bonds. The quantitative estimate of drug-likeness (QED) is 0.831. The Labute approximate surface area is 114 Å². The highest BCUT2D eigenvalue weighted by Crippen LogP contribution is 2.09. The van der Waals surface area contributed by atoms with Crippen molar-refractivity contribution >= 4 is 10.0 Å². The third-order valence-electron chi connectivity index (χ3n) is 2.59. The number of rotatable bonds is 5. The summed E-state index contributed by atoms with van der Waals surface area (Å²) in [5, 5.41) is 8.67.